The maximum absolute atomic E-state index is 10.7. The number of halogens is 3. The fourth-order valence-corrected chi connectivity index (χ4v) is 2.18. The van der Waals surface area contributed by atoms with E-state index in [0.717, 1.165) is 11.8 Å². The van der Waals surface area contributed by atoms with Crippen molar-refractivity contribution in [3.8, 4) is 0 Å². The van der Waals surface area contributed by atoms with Crippen molar-refractivity contribution in [1.29, 1.82) is 0 Å². The summed E-state index contributed by atoms with van der Waals surface area (Å²) < 4.78 is 57.5. The number of piperidine rings is 1. The molecular formula is C12H24F3NO3S. The highest BCUT2D eigenvalue weighted by molar-refractivity contribution is 7.86. The van der Waals surface area contributed by atoms with Crippen molar-refractivity contribution in [2.24, 2.45) is 11.8 Å². The number of nitrogens with one attached hydrogen (secondary N) is 1. The van der Waals surface area contributed by atoms with Gasteiger partial charge in [0.1, 0.15) is 0 Å². The highest BCUT2D eigenvalue weighted by Gasteiger charge is 2.44. The molecule has 1 heterocycles. The molecule has 0 saturated carbocycles. The molecule has 2 N–H and O–H groups in total. The van der Waals surface area contributed by atoms with Crippen LogP contribution in [-0.2, 0) is 10.1 Å². The van der Waals surface area contributed by atoms with Crippen LogP contribution in [0.25, 0.3) is 0 Å². The molecule has 0 aromatic rings. The second kappa shape index (κ2) is 8.84. The predicted molar refractivity (Wildman–Crippen MR) is 71.9 cm³/mol. The van der Waals surface area contributed by atoms with Gasteiger partial charge in [0.2, 0.25) is 0 Å². The van der Waals surface area contributed by atoms with Gasteiger partial charge in [-0.3, -0.25) is 4.55 Å². The molecule has 1 rings (SSSR count). The predicted octanol–water partition coefficient (Wildman–Crippen LogP) is 3.21. The summed E-state index contributed by atoms with van der Waals surface area (Å²) in [5, 5.41) is 3.43. The maximum Gasteiger partial charge on any atom is 0.522 e. The molecule has 8 heteroatoms. The van der Waals surface area contributed by atoms with E-state index in [4.69, 9.17) is 13.0 Å². The zero-order valence-electron chi connectivity index (χ0n) is 11.9. The molecule has 0 radical (unpaired) electrons. The van der Waals surface area contributed by atoms with Gasteiger partial charge in [0.15, 0.2) is 0 Å². The Morgan fingerprint density at radius 1 is 1.30 bits per heavy atom. The highest BCUT2D eigenvalue weighted by Crippen LogP contribution is 2.25. The van der Waals surface area contributed by atoms with Gasteiger partial charge in [-0.25, -0.2) is 0 Å². The molecule has 0 aromatic heterocycles. The van der Waals surface area contributed by atoms with Crippen molar-refractivity contribution in [3.63, 3.8) is 0 Å². The Morgan fingerprint density at radius 2 is 1.75 bits per heavy atom. The van der Waals surface area contributed by atoms with Gasteiger partial charge in [0.25, 0.3) is 0 Å². The summed E-state index contributed by atoms with van der Waals surface area (Å²) in [7, 11) is -5.84. The third-order valence-electron chi connectivity index (χ3n) is 3.49. The second-order valence-electron chi connectivity index (χ2n) is 5.13. The lowest BCUT2D eigenvalue weighted by Gasteiger charge is -2.28. The molecule has 0 aliphatic carbocycles. The van der Waals surface area contributed by atoms with Crippen molar-refractivity contribution < 1.29 is 26.1 Å². The SMILES string of the molecule is CCCCC(C)C1CCNCC1.O=S(=O)(O)C(F)(F)F. The van der Waals surface area contributed by atoms with E-state index in [1.54, 1.807) is 0 Å². The monoisotopic (exact) mass is 319 g/mol. The van der Waals surface area contributed by atoms with Crippen molar-refractivity contribution in [1.82, 2.24) is 5.32 Å². The third-order valence-corrected chi connectivity index (χ3v) is 4.08. The van der Waals surface area contributed by atoms with Crippen LogP contribution in [-0.4, -0.2) is 31.6 Å². The van der Waals surface area contributed by atoms with Gasteiger partial charge in [0, 0.05) is 0 Å². The minimum absolute atomic E-state index is 0.965. The first-order chi connectivity index (χ1) is 9.09. The Kier molecular flexibility index (Phi) is 8.69. The van der Waals surface area contributed by atoms with E-state index >= 15 is 0 Å². The maximum atomic E-state index is 10.7. The lowest BCUT2D eigenvalue weighted by molar-refractivity contribution is -0.0510. The van der Waals surface area contributed by atoms with Gasteiger partial charge in [-0.2, -0.15) is 21.6 Å². The zero-order valence-corrected chi connectivity index (χ0v) is 12.7. The number of hydrogen-bond donors (Lipinski definition) is 2. The molecule has 0 spiro atoms. The van der Waals surface area contributed by atoms with Gasteiger partial charge < -0.3 is 5.32 Å². The van der Waals surface area contributed by atoms with Gasteiger partial charge in [-0.15, -0.1) is 0 Å². The Bertz CT molecular complexity index is 351. The van der Waals surface area contributed by atoms with Gasteiger partial charge in [0.05, 0.1) is 0 Å². The highest BCUT2D eigenvalue weighted by atomic mass is 32.2. The molecule has 4 nitrogen and oxygen atoms in total. The first-order valence-corrected chi connectivity index (χ1v) is 8.28. The fourth-order valence-electron chi connectivity index (χ4n) is 2.18. The van der Waals surface area contributed by atoms with E-state index in [9.17, 15) is 13.2 Å². The van der Waals surface area contributed by atoms with Crippen molar-refractivity contribution in [3.05, 3.63) is 0 Å². The van der Waals surface area contributed by atoms with E-state index < -0.39 is 15.6 Å². The lowest BCUT2D eigenvalue weighted by Crippen LogP contribution is -2.30. The molecule has 1 fully saturated rings. The molecule has 122 valence electrons. The van der Waals surface area contributed by atoms with Crippen LogP contribution in [0.15, 0.2) is 0 Å². The second-order valence-corrected chi connectivity index (χ2v) is 6.54. The normalized spacial score (nSPS) is 19.1. The molecule has 0 aromatic carbocycles. The summed E-state index contributed by atoms with van der Waals surface area (Å²) in [5.74, 6) is 1.98. The van der Waals surface area contributed by atoms with Crippen LogP contribution in [0.5, 0.6) is 0 Å². The quantitative estimate of drug-likeness (QED) is 0.617. The molecule has 1 unspecified atom stereocenters. The smallest absolute Gasteiger partial charge is 0.317 e. The molecule has 1 atom stereocenters. The Labute approximate surface area is 118 Å². The topological polar surface area (TPSA) is 66.4 Å². The standard InChI is InChI=1S/C11H23N.CHF3O3S/c1-3-4-5-10(2)11-6-8-12-9-7-11;2-1(3,4)8(5,6)7/h10-12H,3-9H2,1-2H3;(H,5,6,7). The van der Waals surface area contributed by atoms with Crippen molar-refractivity contribution in [2.75, 3.05) is 13.1 Å². The first kappa shape index (κ1) is 19.7. The molecule has 0 amide bonds. The van der Waals surface area contributed by atoms with Gasteiger partial charge in [-0.05, 0) is 37.8 Å². The van der Waals surface area contributed by atoms with Gasteiger partial charge in [-0.1, -0.05) is 33.1 Å². The minimum Gasteiger partial charge on any atom is -0.317 e. The van der Waals surface area contributed by atoms with E-state index in [-0.39, 0.29) is 0 Å². The number of unbranched alkanes of at least 4 members (excludes halogenated alkanes) is 1. The zero-order chi connectivity index (χ0) is 15.8. The first-order valence-electron chi connectivity index (χ1n) is 6.84. The minimum atomic E-state index is -5.84. The Morgan fingerprint density at radius 3 is 2.10 bits per heavy atom. The van der Waals surface area contributed by atoms with Crippen LogP contribution >= 0.6 is 0 Å². The third kappa shape index (κ3) is 8.06. The van der Waals surface area contributed by atoms with Crippen LogP contribution in [0.2, 0.25) is 0 Å². The summed E-state index contributed by atoms with van der Waals surface area (Å²) in [6, 6.07) is 0. The number of hydrogen-bond acceptors (Lipinski definition) is 3. The van der Waals surface area contributed by atoms with Crippen LogP contribution in [0.1, 0.15) is 46.0 Å². The van der Waals surface area contributed by atoms with Crippen LogP contribution in [0.3, 0.4) is 0 Å². The molecule has 1 aliphatic rings. The average molecular weight is 319 g/mol. The summed E-state index contributed by atoms with van der Waals surface area (Å²) in [5.41, 5.74) is -5.53. The molecular weight excluding hydrogens is 295 g/mol. The Hall–Kier alpha value is -0.340. The van der Waals surface area contributed by atoms with Crippen molar-refractivity contribution >= 4 is 10.1 Å². The van der Waals surface area contributed by atoms with Crippen LogP contribution in [0, 0.1) is 11.8 Å². The van der Waals surface area contributed by atoms with E-state index in [1.165, 1.54) is 45.2 Å². The summed E-state index contributed by atoms with van der Waals surface area (Å²) >= 11 is 0. The fraction of sp³-hybridized carbons (Fsp3) is 1.00. The Balaban J connectivity index is 0.000000396. The van der Waals surface area contributed by atoms with E-state index in [0.29, 0.717) is 0 Å². The summed E-state index contributed by atoms with van der Waals surface area (Å²) in [6.45, 7) is 7.23. The summed E-state index contributed by atoms with van der Waals surface area (Å²) in [4.78, 5) is 0. The lowest BCUT2D eigenvalue weighted by atomic mass is 9.83. The molecule has 1 aliphatic heterocycles. The summed E-state index contributed by atoms with van der Waals surface area (Å²) in [6.07, 6.45) is 7.04. The van der Waals surface area contributed by atoms with Crippen molar-refractivity contribution in [2.45, 2.75) is 51.5 Å². The van der Waals surface area contributed by atoms with E-state index in [2.05, 4.69) is 19.2 Å². The van der Waals surface area contributed by atoms with Crippen LogP contribution < -0.4 is 5.32 Å². The largest absolute Gasteiger partial charge is 0.522 e. The van der Waals surface area contributed by atoms with Crippen LogP contribution in [0.4, 0.5) is 13.2 Å². The molecule has 20 heavy (non-hydrogen) atoms. The number of alkyl halides is 3. The average Bonchev–Trinajstić information content (AvgIpc) is 2.35. The number of rotatable bonds is 4. The van der Waals surface area contributed by atoms with E-state index in [1.807, 2.05) is 0 Å². The van der Waals surface area contributed by atoms with Gasteiger partial charge >= 0.3 is 15.6 Å². The molecule has 1 saturated heterocycles. The molecule has 0 bridgehead atoms.